The van der Waals surface area contributed by atoms with Gasteiger partial charge in [0.25, 0.3) is 0 Å². The second-order valence-corrected chi connectivity index (χ2v) is 3.12. The molecule has 2 atom stereocenters. The molecule has 0 aliphatic carbocycles. The Labute approximate surface area is 66.4 Å². The number of rotatable bonds is 4. The van der Waals surface area contributed by atoms with Crippen LogP contribution in [-0.4, -0.2) is 22.7 Å². The minimum absolute atomic E-state index is 0.111. The van der Waals surface area contributed by atoms with Gasteiger partial charge in [0.15, 0.2) is 0 Å². The van der Waals surface area contributed by atoms with E-state index in [0.29, 0.717) is 0 Å². The van der Waals surface area contributed by atoms with Gasteiger partial charge in [-0.15, -0.1) is 0 Å². The summed E-state index contributed by atoms with van der Waals surface area (Å²) < 4.78 is 0. The number of nitro groups is 1. The fourth-order valence-corrected chi connectivity index (χ4v) is 1.08. The maximum atomic E-state index is 10.3. The summed E-state index contributed by atoms with van der Waals surface area (Å²) in [7, 11) is 0. The second kappa shape index (κ2) is 4.28. The molecule has 4 heteroatoms. The van der Waals surface area contributed by atoms with Gasteiger partial charge in [0.05, 0.1) is 12.5 Å². The zero-order valence-corrected chi connectivity index (χ0v) is 7.15. The molecule has 0 aromatic carbocycles. The van der Waals surface area contributed by atoms with Crippen molar-refractivity contribution in [3.63, 3.8) is 0 Å². The Hall–Kier alpha value is -0.640. The first-order valence-corrected chi connectivity index (χ1v) is 3.75. The van der Waals surface area contributed by atoms with E-state index in [-0.39, 0.29) is 23.4 Å². The highest BCUT2D eigenvalue weighted by Gasteiger charge is 2.28. The molecule has 0 aromatic heterocycles. The summed E-state index contributed by atoms with van der Waals surface area (Å²) >= 11 is 0. The highest BCUT2D eigenvalue weighted by molar-refractivity contribution is 4.67. The van der Waals surface area contributed by atoms with Crippen molar-refractivity contribution in [1.29, 1.82) is 0 Å². The Morgan fingerprint density at radius 2 is 1.91 bits per heavy atom. The van der Waals surface area contributed by atoms with Gasteiger partial charge >= 0.3 is 0 Å². The minimum Gasteiger partial charge on any atom is -0.396 e. The average Bonchev–Trinajstić information content (AvgIpc) is 1.88. The summed E-state index contributed by atoms with van der Waals surface area (Å²) in [5, 5.41) is 19.1. The summed E-state index contributed by atoms with van der Waals surface area (Å²) in [6.45, 7) is 5.17. The van der Waals surface area contributed by atoms with E-state index >= 15 is 0 Å². The van der Waals surface area contributed by atoms with Crippen molar-refractivity contribution in [2.24, 2.45) is 11.8 Å². The maximum absolute atomic E-state index is 10.3. The fraction of sp³-hybridized carbons (Fsp3) is 1.00. The van der Waals surface area contributed by atoms with Crippen LogP contribution in [0.2, 0.25) is 0 Å². The first-order valence-electron chi connectivity index (χ1n) is 3.75. The molecule has 66 valence electrons. The van der Waals surface area contributed by atoms with Gasteiger partial charge in [0, 0.05) is 11.8 Å². The van der Waals surface area contributed by atoms with Gasteiger partial charge in [-0.1, -0.05) is 13.8 Å². The molecule has 2 unspecified atom stereocenters. The van der Waals surface area contributed by atoms with Crippen LogP contribution in [0.5, 0.6) is 0 Å². The quantitative estimate of drug-likeness (QED) is 0.492. The summed E-state index contributed by atoms with van der Waals surface area (Å²) in [5.74, 6) is -0.0783. The predicted octanol–water partition coefficient (Wildman–Crippen LogP) is 0.916. The third-order valence-electron chi connectivity index (χ3n) is 2.02. The molecule has 0 fully saturated rings. The molecule has 0 aliphatic rings. The molecule has 0 aliphatic heterocycles. The standard InChI is InChI=1S/C7H15NO3/c1-5(2)7(4-9)6(3)8(10)11/h5-7,9H,4H2,1-3H3. The van der Waals surface area contributed by atoms with Crippen molar-refractivity contribution >= 4 is 0 Å². The lowest BCUT2D eigenvalue weighted by atomic mass is 9.91. The van der Waals surface area contributed by atoms with Crippen molar-refractivity contribution in [2.75, 3.05) is 6.61 Å². The topological polar surface area (TPSA) is 63.4 Å². The van der Waals surface area contributed by atoms with Crippen molar-refractivity contribution < 1.29 is 10.0 Å². The van der Waals surface area contributed by atoms with Crippen molar-refractivity contribution in [3.8, 4) is 0 Å². The molecule has 0 saturated heterocycles. The zero-order valence-electron chi connectivity index (χ0n) is 7.15. The minimum atomic E-state index is -0.653. The SMILES string of the molecule is CC(C)C(CO)C(C)[N+](=O)[O-]. The lowest BCUT2D eigenvalue weighted by Crippen LogP contribution is -2.32. The largest absolute Gasteiger partial charge is 0.396 e. The van der Waals surface area contributed by atoms with Gasteiger partial charge in [-0.2, -0.15) is 0 Å². The predicted molar refractivity (Wildman–Crippen MR) is 41.9 cm³/mol. The Bertz CT molecular complexity index is 136. The van der Waals surface area contributed by atoms with Gasteiger partial charge in [0.1, 0.15) is 0 Å². The van der Waals surface area contributed by atoms with E-state index in [0.717, 1.165) is 0 Å². The van der Waals surface area contributed by atoms with Gasteiger partial charge < -0.3 is 5.11 Å². The molecular formula is C7H15NO3. The van der Waals surface area contributed by atoms with Crippen LogP contribution in [0, 0.1) is 22.0 Å². The molecule has 0 saturated carbocycles. The fourth-order valence-electron chi connectivity index (χ4n) is 1.08. The number of hydrogen-bond acceptors (Lipinski definition) is 3. The summed E-state index contributed by atoms with van der Waals surface area (Å²) in [6.07, 6.45) is 0. The Morgan fingerprint density at radius 3 is 2.00 bits per heavy atom. The lowest BCUT2D eigenvalue weighted by Gasteiger charge is -2.18. The molecule has 0 rings (SSSR count). The highest BCUT2D eigenvalue weighted by atomic mass is 16.6. The molecule has 0 spiro atoms. The van der Waals surface area contributed by atoms with Crippen LogP contribution in [0.25, 0.3) is 0 Å². The van der Waals surface area contributed by atoms with E-state index in [9.17, 15) is 10.1 Å². The van der Waals surface area contributed by atoms with Crippen LogP contribution in [-0.2, 0) is 0 Å². The van der Waals surface area contributed by atoms with Crippen LogP contribution in [0.3, 0.4) is 0 Å². The second-order valence-electron chi connectivity index (χ2n) is 3.12. The third kappa shape index (κ3) is 2.84. The molecule has 0 heterocycles. The van der Waals surface area contributed by atoms with Crippen LogP contribution in [0.15, 0.2) is 0 Å². The van der Waals surface area contributed by atoms with Crippen LogP contribution in [0.1, 0.15) is 20.8 Å². The van der Waals surface area contributed by atoms with Crippen molar-refractivity contribution in [2.45, 2.75) is 26.8 Å². The van der Waals surface area contributed by atoms with Gasteiger partial charge in [-0.05, 0) is 5.92 Å². The van der Waals surface area contributed by atoms with E-state index in [1.54, 1.807) is 0 Å². The maximum Gasteiger partial charge on any atom is 0.215 e. The molecule has 4 nitrogen and oxygen atoms in total. The number of aliphatic hydroxyl groups is 1. The molecule has 0 radical (unpaired) electrons. The van der Waals surface area contributed by atoms with Crippen molar-refractivity contribution in [1.82, 2.24) is 0 Å². The lowest BCUT2D eigenvalue weighted by molar-refractivity contribution is -0.530. The van der Waals surface area contributed by atoms with Gasteiger partial charge in [0.2, 0.25) is 6.04 Å². The molecule has 11 heavy (non-hydrogen) atoms. The smallest absolute Gasteiger partial charge is 0.215 e. The van der Waals surface area contributed by atoms with Gasteiger partial charge in [-0.25, -0.2) is 0 Å². The summed E-state index contributed by atoms with van der Waals surface area (Å²) in [5.41, 5.74) is 0. The van der Waals surface area contributed by atoms with Crippen molar-refractivity contribution in [3.05, 3.63) is 10.1 Å². The Balaban J connectivity index is 4.13. The third-order valence-corrected chi connectivity index (χ3v) is 2.02. The monoisotopic (exact) mass is 161 g/mol. The molecular weight excluding hydrogens is 146 g/mol. The Morgan fingerprint density at radius 1 is 1.45 bits per heavy atom. The van der Waals surface area contributed by atoms with E-state index in [1.807, 2.05) is 13.8 Å². The first-order chi connectivity index (χ1) is 5.00. The van der Waals surface area contributed by atoms with Crippen LogP contribution < -0.4 is 0 Å². The average molecular weight is 161 g/mol. The molecule has 0 amide bonds. The number of hydrogen-bond donors (Lipinski definition) is 1. The normalized spacial score (nSPS) is 16.5. The van der Waals surface area contributed by atoms with Crippen LogP contribution >= 0.6 is 0 Å². The molecule has 1 N–H and O–H groups in total. The molecule has 0 bridgehead atoms. The summed E-state index contributed by atoms with van der Waals surface area (Å²) in [6, 6.07) is -0.653. The number of nitrogens with zero attached hydrogens (tertiary/aromatic N) is 1. The van der Waals surface area contributed by atoms with Crippen LogP contribution in [0.4, 0.5) is 0 Å². The summed E-state index contributed by atoms with van der Waals surface area (Å²) in [4.78, 5) is 9.95. The zero-order chi connectivity index (χ0) is 9.02. The van der Waals surface area contributed by atoms with E-state index in [1.165, 1.54) is 6.92 Å². The first kappa shape index (κ1) is 10.4. The molecule has 0 aromatic rings. The number of aliphatic hydroxyl groups excluding tert-OH is 1. The van der Waals surface area contributed by atoms with E-state index < -0.39 is 6.04 Å². The highest BCUT2D eigenvalue weighted by Crippen LogP contribution is 2.16. The van der Waals surface area contributed by atoms with E-state index in [2.05, 4.69) is 0 Å². The van der Waals surface area contributed by atoms with E-state index in [4.69, 9.17) is 5.11 Å². The Kier molecular flexibility index (Phi) is 4.03. The van der Waals surface area contributed by atoms with Gasteiger partial charge in [-0.3, -0.25) is 10.1 Å².